The predicted octanol–water partition coefficient (Wildman–Crippen LogP) is 3.51. The number of aryl methyl sites for hydroxylation is 1. The van der Waals surface area contributed by atoms with Crippen molar-refractivity contribution in [1.82, 2.24) is 5.32 Å². The van der Waals surface area contributed by atoms with Gasteiger partial charge in [-0.3, -0.25) is 9.59 Å². The minimum atomic E-state index is -0.638. The first kappa shape index (κ1) is 18.0. The lowest BCUT2D eigenvalue weighted by Gasteiger charge is -2.21. The van der Waals surface area contributed by atoms with Gasteiger partial charge in [-0.2, -0.15) is 0 Å². The van der Waals surface area contributed by atoms with Crippen molar-refractivity contribution in [1.29, 1.82) is 0 Å². The molecule has 1 heterocycles. The highest BCUT2D eigenvalue weighted by Gasteiger charge is 2.38. The molecule has 2 amide bonds. The SMILES string of the molecule is CC(=O)N[C@H]1C(=O)N(Cc2ccccc2OC(C)C)c2ccc(C)cc21. The predicted molar refractivity (Wildman–Crippen MR) is 101 cm³/mol. The Morgan fingerprint density at radius 3 is 2.65 bits per heavy atom. The van der Waals surface area contributed by atoms with Crippen LogP contribution in [0.4, 0.5) is 5.69 Å². The van der Waals surface area contributed by atoms with Gasteiger partial charge in [-0.05, 0) is 32.9 Å². The Kier molecular flexibility index (Phi) is 4.98. The fourth-order valence-corrected chi connectivity index (χ4v) is 3.24. The summed E-state index contributed by atoms with van der Waals surface area (Å²) in [5, 5.41) is 2.78. The first-order valence-electron chi connectivity index (χ1n) is 8.80. The van der Waals surface area contributed by atoms with E-state index in [2.05, 4.69) is 5.32 Å². The normalized spacial score (nSPS) is 16.0. The molecule has 1 N–H and O–H groups in total. The smallest absolute Gasteiger partial charge is 0.254 e. The van der Waals surface area contributed by atoms with Gasteiger partial charge < -0.3 is 15.0 Å². The molecule has 0 radical (unpaired) electrons. The molecule has 1 atom stereocenters. The zero-order valence-corrected chi connectivity index (χ0v) is 15.6. The van der Waals surface area contributed by atoms with E-state index in [4.69, 9.17) is 4.74 Å². The number of hydrogen-bond acceptors (Lipinski definition) is 3. The molecular formula is C21H24N2O3. The molecule has 0 aromatic heterocycles. The molecule has 2 aromatic rings. The van der Waals surface area contributed by atoms with Gasteiger partial charge in [0.05, 0.1) is 12.6 Å². The lowest BCUT2D eigenvalue weighted by Crippen LogP contribution is -2.36. The molecular weight excluding hydrogens is 328 g/mol. The minimum absolute atomic E-state index is 0.0486. The van der Waals surface area contributed by atoms with E-state index >= 15 is 0 Å². The summed E-state index contributed by atoms with van der Waals surface area (Å²) in [4.78, 5) is 26.3. The number of fused-ring (bicyclic) bond motifs is 1. The van der Waals surface area contributed by atoms with E-state index in [0.717, 1.165) is 28.1 Å². The maximum absolute atomic E-state index is 13.0. The van der Waals surface area contributed by atoms with Gasteiger partial charge in [0.1, 0.15) is 11.8 Å². The molecule has 0 bridgehead atoms. The molecule has 0 aliphatic carbocycles. The standard InChI is InChI=1S/C21H24N2O3/c1-13(2)26-19-8-6-5-7-16(19)12-23-18-10-9-14(3)11-17(18)20(21(23)25)22-15(4)24/h5-11,13,20H,12H2,1-4H3,(H,22,24)/t20-/m1/s1. The second kappa shape index (κ2) is 7.20. The van der Waals surface area contributed by atoms with Crippen molar-refractivity contribution >= 4 is 17.5 Å². The highest BCUT2D eigenvalue weighted by molar-refractivity contribution is 6.06. The number of nitrogens with one attached hydrogen (secondary N) is 1. The van der Waals surface area contributed by atoms with Crippen LogP contribution in [0.25, 0.3) is 0 Å². The fourth-order valence-electron chi connectivity index (χ4n) is 3.24. The quantitative estimate of drug-likeness (QED) is 0.896. The molecule has 5 nitrogen and oxygen atoms in total. The number of anilines is 1. The van der Waals surface area contributed by atoms with Crippen LogP contribution < -0.4 is 15.0 Å². The largest absolute Gasteiger partial charge is 0.491 e. The molecule has 136 valence electrons. The van der Waals surface area contributed by atoms with E-state index in [0.29, 0.717) is 6.54 Å². The van der Waals surface area contributed by atoms with Gasteiger partial charge in [0, 0.05) is 23.7 Å². The summed E-state index contributed by atoms with van der Waals surface area (Å²) in [6.45, 7) is 7.75. The first-order chi connectivity index (χ1) is 12.4. The molecule has 0 spiro atoms. The number of rotatable bonds is 5. The van der Waals surface area contributed by atoms with Crippen molar-refractivity contribution in [3.8, 4) is 5.75 Å². The van der Waals surface area contributed by atoms with Gasteiger partial charge in [-0.1, -0.05) is 35.9 Å². The number of carbonyl (C=O) groups is 2. The molecule has 0 unspecified atom stereocenters. The summed E-state index contributed by atoms with van der Waals surface area (Å²) >= 11 is 0. The maximum Gasteiger partial charge on any atom is 0.254 e. The Morgan fingerprint density at radius 1 is 1.23 bits per heavy atom. The lowest BCUT2D eigenvalue weighted by molar-refractivity contribution is -0.126. The van der Waals surface area contributed by atoms with Gasteiger partial charge >= 0.3 is 0 Å². The van der Waals surface area contributed by atoms with Crippen LogP contribution in [0.5, 0.6) is 5.75 Å². The molecule has 3 rings (SSSR count). The number of para-hydroxylation sites is 1. The summed E-state index contributed by atoms with van der Waals surface area (Å²) in [5.41, 5.74) is 3.66. The van der Waals surface area contributed by atoms with E-state index in [1.165, 1.54) is 6.92 Å². The minimum Gasteiger partial charge on any atom is -0.491 e. The molecule has 0 saturated heterocycles. The van der Waals surface area contributed by atoms with Crippen LogP contribution in [-0.4, -0.2) is 17.9 Å². The maximum atomic E-state index is 13.0. The Morgan fingerprint density at radius 2 is 1.96 bits per heavy atom. The third-order valence-corrected chi connectivity index (χ3v) is 4.31. The number of hydrogen-bond donors (Lipinski definition) is 1. The van der Waals surface area contributed by atoms with E-state index in [1.54, 1.807) is 4.90 Å². The van der Waals surface area contributed by atoms with E-state index in [-0.39, 0.29) is 17.9 Å². The van der Waals surface area contributed by atoms with Crippen LogP contribution in [-0.2, 0) is 16.1 Å². The number of ether oxygens (including phenoxy) is 1. The zero-order valence-electron chi connectivity index (χ0n) is 15.6. The Hall–Kier alpha value is -2.82. The van der Waals surface area contributed by atoms with Crippen LogP contribution in [0, 0.1) is 6.92 Å². The van der Waals surface area contributed by atoms with Crippen molar-refractivity contribution < 1.29 is 14.3 Å². The molecule has 0 saturated carbocycles. The van der Waals surface area contributed by atoms with E-state index in [1.807, 2.05) is 63.2 Å². The zero-order chi connectivity index (χ0) is 18.8. The topological polar surface area (TPSA) is 58.6 Å². The summed E-state index contributed by atoms with van der Waals surface area (Å²) in [6, 6.07) is 13.0. The van der Waals surface area contributed by atoms with Crippen LogP contribution >= 0.6 is 0 Å². The van der Waals surface area contributed by atoms with Gasteiger partial charge in [0.25, 0.3) is 5.91 Å². The van der Waals surface area contributed by atoms with Crippen molar-refractivity contribution in [2.45, 2.75) is 46.4 Å². The lowest BCUT2D eigenvalue weighted by atomic mass is 10.1. The summed E-state index contributed by atoms with van der Waals surface area (Å²) in [7, 11) is 0. The molecule has 0 fully saturated rings. The average molecular weight is 352 g/mol. The average Bonchev–Trinajstić information content (AvgIpc) is 2.81. The van der Waals surface area contributed by atoms with Gasteiger partial charge in [0.15, 0.2) is 0 Å². The van der Waals surface area contributed by atoms with Crippen LogP contribution in [0.3, 0.4) is 0 Å². The van der Waals surface area contributed by atoms with Gasteiger partial charge in [-0.25, -0.2) is 0 Å². The summed E-state index contributed by atoms with van der Waals surface area (Å²) in [6.07, 6.45) is 0.0486. The van der Waals surface area contributed by atoms with Crippen LogP contribution in [0.2, 0.25) is 0 Å². The number of benzene rings is 2. The monoisotopic (exact) mass is 352 g/mol. The molecule has 1 aliphatic rings. The fraction of sp³-hybridized carbons (Fsp3) is 0.333. The van der Waals surface area contributed by atoms with E-state index in [9.17, 15) is 9.59 Å². The third-order valence-electron chi connectivity index (χ3n) is 4.31. The molecule has 1 aliphatic heterocycles. The molecule has 26 heavy (non-hydrogen) atoms. The van der Waals surface area contributed by atoms with E-state index < -0.39 is 6.04 Å². The van der Waals surface area contributed by atoms with Crippen LogP contribution in [0.1, 0.15) is 43.5 Å². The Labute approximate surface area is 154 Å². The second-order valence-corrected chi connectivity index (χ2v) is 6.89. The highest BCUT2D eigenvalue weighted by atomic mass is 16.5. The van der Waals surface area contributed by atoms with Crippen LogP contribution in [0.15, 0.2) is 42.5 Å². The third kappa shape index (κ3) is 3.57. The van der Waals surface area contributed by atoms with Crippen molar-refractivity contribution in [3.63, 3.8) is 0 Å². The first-order valence-corrected chi connectivity index (χ1v) is 8.80. The Balaban J connectivity index is 1.97. The van der Waals surface area contributed by atoms with Crippen molar-refractivity contribution in [3.05, 3.63) is 59.2 Å². The van der Waals surface area contributed by atoms with Crippen molar-refractivity contribution in [2.24, 2.45) is 0 Å². The second-order valence-electron chi connectivity index (χ2n) is 6.89. The van der Waals surface area contributed by atoms with Gasteiger partial charge in [0.2, 0.25) is 5.91 Å². The molecule has 2 aromatic carbocycles. The summed E-state index contributed by atoms with van der Waals surface area (Å²) < 4.78 is 5.88. The molecule has 5 heteroatoms. The summed E-state index contributed by atoms with van der Waals surface area (Å²) in [5.74, 6) is 0.424. The number of nitrogens with zero attached hydrogens (tertiary/aromatic N) is 1. The number of amides is 2. The van der Waals surface area contributed by atoms with Gasteiger partial charge in [-0.15, -0.1) is 0 Å². The van der Waals surface area contributed by atoms with Crippen molar-refractivity contribution in [2.75, 3.05) is 4.90 Å². The Bertz CT molecular complexity index is 845. The highest BCUT2D eigenvalue weighted by Crippen LogP contribution is 2.38. The number of carbonyl (C=O) groups excluding carboxylic acids is 2.